The lowest BCUT2D eigenvalue weighted by atomic mass is 10.1. The van der Waals surface area contributed by atoms with Crippen LogP contribution in [0.15, 0.2) is 52.9 Å². The van der Waals surface area contributed by atoms with Gasteiger partial charge < -0.3 is 42.3 Å². The monoisotopic (exact) mass is 684 g/mol. The van der Waals surface area contributed by atoms with E-state index in [1.165, 1.54) is 0 Å². The summed E-state index contributed by atoms with van der Waals surface area (Å²) in [6.07, 6.45) is 0. The number of rotatable bonds is 6. The van der Waals surface area contributed by atoms with Gasteiger partial charge in [-0.2, -0.15) is 0 Å². The van der Waals surface area contributed by atoms with Crippen LogP contribution in [0.4, 0.5) is 0 Å². The molecule has 2 saturated heterocycles. The van der Waals surface area contributed by atoms with Crippen LogP contribution in [0.3, 0.4) is 0 Å². The molecule has 0 N–H and O–H groups in total. The van der Waals surface area contributed by atoms with E-state index in [-0.39, 0.29) is 0 Å². The Balaban J connectivity index is 1.25. The van der Waals surface area contributed by atoms with Crippen LogP contribution in [0.2, 0.25) is 0 Å². The molecule has 3 heterocycles. The van der Waals surface area contributed by atoms with Gasteiger partial charge in [-0.3, -0.25) is 9.80 Å². The standard InChI is InChI=1S/C36H52N4O9/c1-3-7-33(31(5-1)29-39-9-13-41-17-21-45-25-26-46-22-18-42-14-10-39)35-37-38-36(49-35)34-8-4-2-6-32(34)30-40-11-15-43-19-23-47-27-28-48-24-20-44-16-12-40/h1-8H,9-30H2. The Kier molecular flexibility index (Phi) is 17.4. The van der Waals surface area contributed by atoms with Gasteiger partial charge in [-0.05, 0) is 23.3 Å². The minimum Gasteiger partial charge on any atom is -0.416 e. The molecule has 0 atom stereocenters. The topological polar surface area (TPSA) is 119 Å². The van der Waals surface area contributed by atoms with E-state index in [2.05, 4.69) is 32.1 Å². The van der Waals surface area contributed by atoms with E-state index in [0.29, 0.717) is 131 Å². The molecule has 3 aromatic rings. The zero-order valence-corrected chi connectivity index (χ0v) is 28.6. The molecule has 0 saturated carbocycles. The van der Waals surface area contributed by atoms with Crippen molar-refractivity contribution >= 4 is 0 Å². The Hall–Kier alpha value is -2.82. The lowest BCUT2D eigenvalue weighted by Crippen LogP contribution is -2.31. The molecule has 0 aliphatic carbocycles. The molecule has 270 valence electrons. The Morgan fingerprint density at radius 3 is 1.00 bits per heavy atom. The van der Waals surface area contributed by atoms with Gasteiger partial charge in [0.1, 0.15) is 0 Å². The summed E-state index contributed by atoms with van der Waals surface area (Å²) < 4.78 is 52.0. The van der Waals surface area contributed by atoms with Crippen molar-refractivity contribution in [2.24, 2.45) is 0 Å². The molecule has 2 aliphatic rings. The van der Waals surface area contributed by atoms with Gasteiger partial charge in [0.2, 0.25) is 11.8 Å². The molecule has 5 rings (SSSR count). The number of nitrogens with zero attached hydrogens (tertiary/aromatic N) is 4. The zero-order chi connectivity index (χ0) is 33.6. The number of ether oxygens (including phenoxy) is 8. The van der Waals surface area contributed by atoms with Crippen molar-refractivity contribution in [1.82, 2.24) is 20.0 Å². The normalized spacial score (nSPS) is 20.4. The number of aromatic nitrogens is 2. The molecule has 0 radical (unpaired) electrons. The van der Waals surface area contributed by atoms with Gasteiger partial charge in [-0.15, -0.1) is 10.2 Å². The van der Waals surface area contributed by atoms with Gasteiger partial charge >= 0.3 is 0 Å². The predicted molar refractivity (Wildman–Crippen MR) is 182 cm³/mol. The molecule has 0 spiro atoms. The van der Waals surface area contributed by atoms with E-state index in [1.54, 1.807) is 0 Å². The highest BCUT2D eigenvalue weighted by Gasteiger charge is 2.19. The van der Waals surface area contributed by atoms with Gasteiger partial charge in [-0.25, -0.2) is 0 Å². The maximum Gasteiger partial charge on any atom is 0.248 e. The lowest BCUT2D eigenvalue weighted by molar-refractivity contribution is 0.00206. The van der Waals surface area contributed by atoms with E-state index in [1.807, 2.05) is 36.4 Å². The Morgan fingerprint density at radius 2 is 0.673 bits per heavy atom. The van der Waals surface area contributed by atoms with Crippen LogP contribution in [0.25, 0.3) is 22.9 Å². The first-order valence-corrected chi connectivity index (χ1v) is 17.4. The molecule has 13 heteroatoms. The van der Waals surface area contributed by atoms with E-state index >= 15 is 0 Å². The average Bonchev–Trinajstić information content (AvgIpc) is 3.60. The van der Waals surface area contributed by atoms with E-state index < -0.39 is 0 Å². The third-order valence-corrected chi connectivity index (χ3v) is 8.15. The highest BCUT2D eigenvalue weighted by atomic mass is 16.6. The van der Waals surface area contributed by atoms with E-state index in [9.17, 15) is 0 Å². The second-order valence-corrected chi connectivity index (χ2v) is 11.7. The summed E-state index contributed by atoms with van der Waals surface area (Å²) in [4.78, 5) is 4.64. The minimum atomic E-state index is 0.487. The maximum absolute atomic E-state index is 6.40. The van der Waals surface area contributed by atoms with Crippen molar-refractivity contribution in [3.05, 3.63) is 59.7 Å². The molecule has 2 fully saturated rings. The van der Waals surface area contributed by atoms with Crippen LogP contribution in [0.5, 0.6) is 0 Å². The van der Waals surface area contributed by atoms with Crippen LogP contribution in [0, 0.1) is 0 Å². The van der Waals surface area contributed by atoms with Crippen molar-refractivity contribution in [2.45, 2.75) is 13.1 Å². The molecular weight excluding hydrogens is 632 g/mol. The molecule has 49 heavy (non-hydrogen) atoms. The summed E-state index contributed by atoms with van der Waals surface area (Å²) in [6, 6.07) is 16.4. The van der Waals surface area contributed by atoms with Gasteiger partial charge in [0, 0.05) is 50.4 Å². The maximum atomic E-state index is 6.40. The Labute approximate surface area is 289 Å². The van der Waals surface area contributed by atoms with Crippen LogP contribution >= 0.6 is 0 Å². The second kappa shape index (κ2) is 22.8. The van der Waals surface area contributed by atoms with E-state index in [0.717, 1.165) is 48.4 Å². The van der Waals surface area contributed by atoms with Crippen molar-refractivity contribution in [3.8, 4) is 22.9 Å². The summed E-state index contributed by atoms with van der Waals surface area (Å²) in [5.41, 5.74) is 4.00. The molecule has 0 unspecified atom stereocenters. The van der Waals surface area contributed by atoms with Gasteiger partial charge in [-0.1, -0.05) is 36.4 Å². The molecule has 13 nitrogen and oxygen atoms in total. The lowest BCUT2D eigenvalue weighted by Gasteiger charge is -2.23. The Bertz CT molecular complexity index is 1180. The number of hydrogen-bond acceptors (Lipinski definition) is 13. The van der Waals surface area contributed by atoms with Crippen molar-refractivity contribution in [1.29, 1.82) is 0 Å². The van der Waals surface area contributed by atoms with Crippen LogP contribution in [-0.2, 0) is 51.0 Å². The minimum absolute atomic E-state index is 0.487. The summed E-state index contributed by atoms with van der Waals surface area (Å²) >= 11 is 0. The fourth-order valence-electron chi connectivity index (χ4n) is 5.49. The average molecular weight is 685 g/mol. The van der Waals surface area contributed by atoms with Crippen molar-refractivity contribution < 1.29 is 42.3 Å². The first kappa shape index (κ1) is 37.4. The smallest absolute Gasteiger partial charge is 0.248 e. The summed E-state index contributed by atoms with van der Waals surface area (Å²) in [5, 5.41) is 9.04. The SMILES string of the molecule is c1ccc(-c2nnc(-c3ccccc3CN3CCOCCOCCOCCOCC3)o2)c(CN2CCOCCOCCOCCOCC2)c1. The largest absolute Gasteiger partial charge is 0.416 e. The quantitative estimate of drug-likeness (QED) is 0.379. The molecule has 2 aliphatic heterocycles. The number of hydrogen-bond donors (Lipinski definition) is 0. The first-order chi connectivity index (χ1) is 24.4. The molecule has 1 aromatic heterocycles. The number of benzene rings is 2. The van der Waals surface area contributed by atoms with Crippen LogP contribution < -0.4 is 0 Å². The van der Waals surface area contributed by atoms with Gasteiger partial charge in [0.25, 0.3) is 0 Å². The Morgan fingerprint density at radius 1 is 0.388 bits per heavy atom. The predicted octanol–water partition coefficient (Wildman–Crippen LogP) is 3.17. The van der Waals surface area contributed by atoms with Gasteiger partial charge in [0.15, 0.2) is 0 Å². The molecule has 0 amide bonds. The third-order valence-electron chi connectivity index (χ3n) is 8.15. The van der Waals surface area contributed by atoms with Gasteiger partial charge in [0.05, 0.1) is 106 Å². The molecular formula is C36H52N4O9. The third kappa shape index (κ3) is 13.8. The highest BCUT2D eigenvalue weighted by Crippen LogP contribution is 2.29. The summed E-state index contributed by atoms with van der Waals surface area (Å²) in [5.74, 6) is 0.974. The summed E-state index contributed by atoms with van der Waals surface area (Å²) in [6.45, 7) is 13.4. The zero-order valence-electron chi connectivity index (χ0n) is 28.6. The van der Waals surface area contributed by atoms with Crippen molar-refractivity contribution in [2.75, 3.05) is 132 Å². The molecule has 2 aromatic carbocycles. The van der Waals surface area contributed by atoms with Crippen LogP contribution in [-0.4, -0.2) is 152 Å². The van der Waals surface area contributed by atoms with E-state index in [4.69, 9.17) is 42.3 Å². The van der Waals surface area contributed by atoms with Crippen molar-refractivity contribution in [3.63, 3.8) is 0 Å². The highest BCUT2D eigenvalue weighted by molar-refractivity contribution is 5.63. The fraction of sp³-hybridized carbons (Fsp3) is 0.611. The first-order valence-electron chi connectivity index (χ1n) is 17.4. The molecule has 0 bridgehead atoms. The second-order valence-electron chi connectivity index (χ2n) is 11.7. The fourth-order valence-corrected chi connectivity index (χ4v) is 5.49. The van der Waals surface area contributed by atoms with Crippen LogP contribution in [0.1, 0.15) is 11.1 Å². The summed E-state index contributed by atoms with van der Waals surface area (Å²) in [7, 11) is 0.